The molecule has 3 aliphatic heterocycles. The highest BCUT2D eigenvalue weighted by atomic mass is 16.6. The Bertz CT molecular complexity index is 2760. The third-order valence-corrected chi connectivity index (χ3v) is 8.89. The van der Waals surface area contributed by atoms with Crippen molar-refractivity contribution in [1.82, 2.24) is 15.0 Å². The van der Waals surface area contributed by atoms with Gasteiger partial charge in [-0.15, -0.1) is 19.3 Å². The van der Waals surface area contributed by atoms with Crippen molar-refractivity contribution in [1.29, 1.82) is 0 Å². The second-order valence-corrected chi connectivity index (χ2v) is 12.3. The average Bonchev–Trinajstić information content (AvgIpc) is 3.22. The van der Waals surface area contributed by atoms with Gasteiger partial charge in [-0.1, -0.05) is 17.8 Å². The van der Waals surface area contributed by atoms with Crippen molar-refractivity contribution in [2.75, 3.05) is 0 Å². The zero-order valence-corrected chi connectivity index (χ0v) is 27.9. The van der Waals surface area contributed by atoms with E-state index in [1.165, 1.54) is 0 Å². The van der Waals surface area contributed by atoms with Crippen molar-refractivity contribution >= 4 is 0 Å². The zero-order valence-electron chi connectivity index (χ0n) is 27.9. The van der Waals surface area contributed by atoms with E-state index in [1.54, 1.807) is 66.7 Å². The molecule has 0 atom stereocenters. The molecule has 0 aliphatic carbocycles. The van der Waals surface area contributed by atoms with Crippen molar-refractivity contribution in [3.8, 4) is 140 Å². The molecule has 1 aromatic heterocycles. The molecule has 0 spiro atoms. The second kappa shape index (κ2) is 12.0. The smallest absolute Gasteiger partial charge is 0.171 e. The highest BCUT2D eigenvalue weighted by molar-refractivity contribution is 5.73. The van der Waals surface area contributed by atoms with Gasteiger partial charge < -0.3 is 28.4 Å². The standard InChI is InChI=1S/C45H21N3O6/c1-4-25-8-14-32-37(19-25)50-35-17-11-28(22-40(35)52-32)43-46-44(29-12-18-36-41(23-29)53-33-15-9-26(5-2)20-38(33)51-36)48-45(47-43)30-10-16-34-42(24-30)54-39-21-27(6-3)7-13-31(39)49-34/h1-3,7-24H. The third kappa shape index (κ3) is 5.24. The van der Waals surface area contributed by atoms with E-state index in [1.807, 2.05) is 42.5 Å². The van der Waals surface area contributed by atoms with Crippen molar-refractivity contribution in [3.05, 3.63) is 126 Å². The molecular formula is C45H21N3O6. The van der Waals surface area contributed by atoms with Crippen LogP contribution in [0.1, 0.15) is 16.7 Å². The number of rotatable bonds is 3. The predicted octanol–water partition coefficient (Wildman–Crippen LogP) is 10.5. The first kappa shape index (κ1) is 30.6. The van der Waals surface area contributed by atoms with Gasteiger partial charge in [0.2, 0.25) is 0 Å². The van der Waals surface area contributed by atoms with Crippen LogP contribution in [0, 0.1) is 37.0 Å². The molecule has 0 radical (unpaired) electrons. The highest BCUT2D eigenvalue weighted by Crippen LogP contribution is 2.50. The summed E-state index contributed by atoms with van der Waals surface area (Å²) < 4.78 is 37.1. The molecule has 7 aromatic rings. The minimum absolute atomic E-state index is 0.383. The second-order valence-electron chi connectivity index (χ2n) is 12.3. The summed E-state index contributed by atoms with van der Waals surface area (Å²) in [5.41, 5.74) is 4.02. The van der Waals surface area contributed by atoms with Gasteiger partial charge in [0.1, 0.15) is 0 Å². The van der Waals surface area contributed by atoms with Gasteiger partial charge in [-0.05, 0) is 91.0 Å². The van der Waals surface area contributed by atoms with Crippen molar-refractivity contribution < 1.29 is 28.4 Å². The normalized spacial score (nSPS) is 12.2. The van der Waals surface area contributed by atoms with Crippen molar-refractivity contribution in [3.63, 3.8) is 0 Å². The van der Waals surface area contributed by atoms with Crippen LogP contribution in [0.25, 0.3) is 34.2 Å². The summed E-state index contributed by atoms with van der Waals surface area (Å²) >= 11 is 0. The summed E-state index contributed by atoms with van der Waals surface area (Å²) in [5.74, 6) is 15.3. The Morgan fingerprint density at radius 3 is 0.833 bits per heavy atom. The Kier molecular flexibility index (Phi) is 6.78. The largest absolute Gasteiger partial charge is 0.450 e. The molecule has 0 N–H and O–H groups in total. The summed E-state index contributed by atoms with van der Waals surface area (Å²) in [5, 5.41) is 0. The Labute approximate surface area is 308 Å². The Hall–Kier alpha value is -8.19. The fourth-order valence-electron chi connectivity index (χ4n) is 6.19. The lowest BCUT2D eigenvalue weighted by Gasteiger charge is -2.22. The third-order valence-electron chi connectivity index (χ3n) is 8.89. The lowest BCUT2D eigenvalue weighted by atomic mass is 10.1. The lowest BCUT2D eigenvalue weighted by Crippen LogP contribution is -2.04. The van der Waals surface area contributed by atoms with Crippen LogP contribution in [-0.4, -0.2) is 15.0 Å². The maximum Gasteiger partial charge on any atom is 0.171 e. The Balaban J connectivity index is 1.06. The lowest BCUT2D eigenvalue weighted by molar-refractivity contribution is 0.359. The average molecular weight is 700 g/mol. The summed E-state index contributed by atoms with van der Waals surface area (Å²) in [4.78, 5) is 14.8. The number of fused-ring (bicyclic) bond motifs is 6. The number of terminal acetylenes is 3. The van der Waals surface area contributed by atoms with Gasteiger partial charge in [-0.2, -0.15) is 0 Å². The monoisotopic (exact) mass is 699 g/mol. The zero-order chi connectivity index (χ0) is 36.3. The predicted molar refractivity (Wildman–Crippen MR) is 200 cm³/mol. The summed E-state index contributed by atoms with van der Waals surface area (Å²) in [6.45, 7) is 0. The SMILES string of the molecule is C#Cc1ccc2c(c1)Oc1ccc(-c3nc(-c4ccc5c(c4)Oc4ccc(C#C)cc4O5)nc(-c4ccc5c(c4)Oc4cc(C#C)ccc4O5)n3)cc1O2. The van der Waals surface area contributed by atoms with Crippen molar-refractivity contribution in [2.45, 2.75) is 0 Å². The van der Waals surface area contributed by atoms with Gasteiger partial charge in [0.15, 0.2) is 86.5 Å². The first-order valence-electron chi connectivity index (χ1n) is 16.6. The van der Waals surface area contributed by atoms with E-state index in [0.717, 1.165) is 0 Å². The fourth-order valence-corrected chi connectivity index (χ4v) is 6.19. The maximum absolute atomic E-state index is 6.25. The molecule has 0 saturated heterocycles. The van der Waals surface area contributed by atoms with E-state index in [0.29, 0.717) is 120 Å². The van der Waals surface area contributed by atoms with Gasteiger partial charge in [-0.3, -0.25) is 0 Å². The van der Waals surface area contributed by atoms with Crippen LogP contribution in [0.4, 0.5) is 0 Å². The molecule has 252 valence electrons. The van der Waals surface area contributed by atoms with Crippen LogP contribution in [0.5, 0.6) is 69.0 Å². The van der Waals surface area contributed by atoms with E-state index < -0.39 is 0 Å². The quantitative estimate of drug-likeness (QED) is 0.167. The molecular weight excluding hydrogens is 679 g/mol. The topological polar surface area (TPSA) is 94.1 Å². The molecule has 3 aliphatic rings. The number of nitrogens with zero attached hydrogens (tertiary/aromatic N) is 3. The molecule has 6 aromatic carbocycles. The van der Waals surface area contributed by atoms with Crippen LogP contribution < -0.4 is 28.4 Å². The number of hydrogen-bond donors (Lipinski definition) is 0. The van der Waals surface area contributed by atoms with Gasteiger partial charge in [-0.25, -0.2) is 15.0 Å². The van der Waals surface area contributed by atoms with Crippen LogP contribution in [0.15, 0.2) is 109 Å². The number of ether oxygens (including phenoxy) is 6. The van der Waals surface area contributed by atoms with Crippen LogP contribution >= 0.6 is 0 Å². The van der Waals surface area contributed by atoms with E-state index in [-0.39, 0.29) is 0 Å². The number of benzene rings is 6. The summed E-state index contributed by atoms with van der Waals surface area (Å²) in [7, 11) is 0. The van der Waals surface area contributed by atoms with Gasteiger partial charge in [0.25, 0.3) is 0 Å². The molecule has 10 rings (SSSR count). The van der Waals surface area contributed by atoms with E-state index in [4.69, 9.17) is 62.6 Å². The Morgan fingerprint density at radius 2 is 0.537 bits per heavy atom. The molecule has 54 heavy (non-hydrogen) atoms. The first-order chi connectivity index (χ1) is 26.5. The minimum atomic E-state index is 0.383. The number of hydrogen-bond acceptors (Lipinski definition) is 9. The minimum Gasteiger partial charge on any atom is -0.450 e. The van der Waals surface area contributed by atoms with Crippen LogP contribution in [0.2, 0.25) is 0 Å². The molecule has 9 nitrogen and oxygen atoms in total. The van der Waals surface area contributed by atoms with Gasteiger partial charge in [0, 0.05) is 51.6 Å². The molecule has 9 heteroatoms. The van der Waals surface area contributed by atoms with E-state index in [9.17, 15) is 0 Å². The van der Waals surface area contributed by atoms with Gasteiger partial charge >= 0.3 is 0 Å². The maximum atomic E-state index is 6.25. The molecule has 0 saturated carbocycles. The molecule has 0 unspecified atom stereocenters. The Morgan fingerprint density at radius 1 is 0.296 bits per heavy atom. The van der Waals surface area contributed by atoms with Crippen LogP contribution in [-0.2, 0) is 0 Å². The van der Waals surface area contributed by atoms with E-state index in [2.05, 4.69) is 17.8 Å². The summed E-state index contributed by atoms with van der Waals surface area (Å²) in [6.07, 6.45) is 16.8. The highest BCUT2D eigenvalue weighted by Gasteiger charge is 2.25. The van der Waals surface area contributed by atoms with E-state index >= 15 is 0 Å². The molecule has 0 fully saturated rings. The molecule has 4 heterocycles. The van der Waals surface area contributed by atoms with Crippen LogP contribution in [0.3, 0.4) is 0 Å². The molecule has 0 bridgehead atoms. The fraction of sp³-hybridized carbons (Fsp3) is 0. The summed E-state index contributed by atoms with van der Waals surface area (Å²) in [6, 6.07) is 32.5. The van der Waals surface area contributed by atoms with Crippen molar-refractivity contribution in [2.24, 2.45) is 0 Å². The van der Waals surface area contributed by atoms with Gasteiger partial charge in [0.05, 0.1) is 0 Å². The first-order valence-corrected chi connectivity index (χ1v) is 16.6. The molecule has 0 amide bonds. The number of aromatic nitrogens is 3.